The number of nitrogens with one attached hydrogen (secondary N) is 2. The van der Waals surface area contributed by atoms with Crippen molar-refractivity contribution in [1.82, 2.24) is 10.4 Å². The summed E-state index contributed by atoms with van der Waals surface area (Å²) in [5, 5.41) is 0. The molecule has 3 aromatic rings. The largest absolute Gasteiger partial charge is 0.457 e. The normalized spacial score (nSPS) is 16.9. The quantitative estimate of drug-likeness (QED) is 0.179. The second-order valence-electron chi connectivity index (χ2n) is 10.0. The van der Waals surface area contributed by atoms with Crippen LogP contribution in [0.4, 0.5) is 5.82 Å². The van der Waals surface area contributed by atoms with Crippen LogP contribution < -0.4 is 21.3 Å². The molecule has 0 bridgehead atoms. The molecule has 0 unspecified atom stereocenters. The smallest absolute Gasteiger partial charge is 0.145 e. The Morgan fingerprint density at radius 3 is 2.11 bits per heavy atom. The Hall–Kier alpha value is -2.93. The minimum atomic E-state index is 0.413. The van der Waals surface area contributed by atoms with Gasteiger partial charge in [0, 0.05) is 44.0 Å². The maximum absolute atomic E-state index is 6.17. The SMILES string of the molecule is CCCOCCC.CNNc1nc(C2CCC(C)CC2)cc(-c2ccc(Oc3ccccc3)cc2)c1CN. The number of hydrogen-bond donors (Lipinski definition) is 3. The molecule has 1 heterocycles. The molecule has 0 spiro atoms. The molecule has 1 aliphatic carbocycles. The number of rotatable bonds is 11. The van der Waals surface area contributed by atoms with Crippen LogP contribution in [0.1, 0.15) is 76.5 Å². The Bertz CT molecular complexity index is 1060. The molecule has 6 nitrogen and oxygen atoms in total. The fourth-order valence-corrected chi connectivity index (χ4v) is 4.76. The van der Waals surface area contributed by atoms with E-state index in [1.165, 1.54) is 25.7 Å². The highest BCUT2D eigenvalue weighted by atomic mass is 16.5. The Balaban J connectivity index is 0.000000505. The topological polar surface area (TPSA) is 81.4 Å². The standard InChI is InChI=1S/C26H32N4O.C6H14O/c1-18-8-10-20(11-9-18)25-16-23(24(17-27)26(29-25)30-28-2)19-12-14-22(15-13-19)31-21-6-4-3-5-7-21;1-3-5-7-6-4-2/h3-7,12-16,18,20,28H,8-11,17,27H2,1-2H3,(H,29,30);3-6H2,1-2H3. The Morgan fingerprint density at radius 1 is 0.895 bits per heavy atom. The van der Waals surface area contributed by atoms with E-state index in [2.05, 4.69) is 49.8 Å². The lowest BCUT2D eigenvalue weighted by Crippen LogP contribution is -2.21. The number of ether oxygens (including phenoxy) is 2. The molecule has 4 N–H and O–H groups in total. The number of anilines is 1. The van der Waals surface area contributed by atoms with E-state index in [1.807, 2.05) is 49.5 Å². The Labute approximate surface area is 229 Å². The summed E-state index contributed by atoms with van der Waals surface area (Å²) in [4.78, 5) is 4.96. The summed E-state index contributed by atoms with van der Waals surface area (Å²) >= 11 is 0. The highest BCUT2D eigenvalue weighted by Crippen LogP contribution is 2.38. The lowest BCUT2D eigenvalue weighted by atomic mass is 9.80. The van der Waals surface area contributed by atoms with E-state index in [4.69, 9.17) is 20.2 Å². The maximum atomic E-state index is 6.17. The molecule has 206 valence electrons. The summed E-state index contributed by atoms with van der Waals surface area (Å²) in [5.74, 6) is 3.77. The maximum Gasteiger partial charge on any atom is 0.145 e. The summed E-state index contributed by atoms with van der Waals surface area (Å²) in [6.07, 6.45) is 7.19. The fourth-order valence-electron chi connectivity index (χ4n) is 4.76. The average molecular weight is 519 g/mol. The highest BCUT2D eigenvalue weighted by molar-refractivity contribution is 5.73. The van der Waals surface area contributed by atoms with Gasteiger partial charge in [-0.2, -0.15) is 0 Å². The molecule has 0 saturated heterocycles. The predicted molar refractivity (Wildman–Crippen MR) is 159 cm³/mol. The number of para-hydroxylation sites is 1. The second kappa shape index (κ2) is 16.1. The second-order valence-corrected chi connectivity index (χ2v) is 10.0. The van der Waals surface area contributed by atoms with Gasteiger partial charge in [0.1, 0.15) is 17.3 Å². The average Bonchev–Trinajstić information content (AvgIpc) is 2.95. The van der Waals surface area contributed by atoms with Gasteiger partial charge in [-0.05, 0) is 73.1 Å². The number of nitrogens with two attached hydrogens (primary N) is 1. The molecule has 0 radical (unpaired) electrons. The van der Waals surface area contributed by atoms with Crippen LogP contribution >= 0.6 is 0 Å². The molecule has 1 aromatic heterocycles. The third kappa shape index (κ3) is 8.83. The van der Waals surface area contributed by atoms with Gasteiger partial charge < -0.3 is 20.6 Å². The van der Waals surface area contributed by atoms with Crippen molar-refractivity contribution in [2.24, 2.45) is 11.7 Å². The van der Waals surface area contributed by atoms with Crippen LogP contribution in [0.3, 0.4) is 0 Å². The van der Waals surface area contributed by atoms with Gasteiger partial charge in [0.15, 0.2) is 0 Å². The minimum absolute atomic E-state index is 0.413. The van der Waals surface area contributed by atoms with Crippen molar-refractivity contribution in [2.75, 3.05) is 25.7 Å². The van der Waals surface area contributed by atoms with Crippen molar-refractivity contribution in [2.45, 2.75) is 71.8 Å². The molecule has 0 atom stereocenters. The van der Waals surface area contributed by atoms with Crippen molar-refractivity contribution in [1.29, 1.82) is 0 Å². The van der Waals surface area contributed by atoms with Gasteiger partial charge in [-0.15, -0.1) is 0 Å². The minimum Gasteiger partial charge on any atom is -0.457 e. The fraction of sp³-hybridized carbons (Fsp3) is 0.469. The molecule has 0 amide bonds. The van der Waals surface area contributed by atoms with Crippen LogP contribution in [0.15, 0.2) is 60.7 Å². The number of aromatic nitrogens is 1. The lowest BCUT2D eigenvalue weighted by Gasteiger charge is -2.27. The lowest BCUT2D eigenvalue weighted by molar-refractivity contribution is 0.135. The van der Waals surface area contributed by atoms with Gasteiger partial charge in [-0.1, -0.05) is 63.9 Å². The van der Waals surface area contributed by atoms with Gasteiger partial charge in [0.05, 0.1) is 0 Å². The van der Waals surface area contributed by atoms with Crippen LogP contribution in [-0.2, 0) is 11.3 Å². The monoisotopic (exact) mass is 518 g/mol. The summed E-state index contributed by atoms with van der Waals surface area (Å²) in [6, 6.07) is 20.3. The molecule has 6 heteroatoms. The van der Waals surface area contributed by atoms with E-state index < -0.39 is 0 Å². The van der Waals surface area contributed by atoms with Crippen LogP contribution in [0.25, 0.3) is 11.1 Å². The van der Waals surface area contributed by atoms with Gasteiger partial charge in [0.2, 0.25) is 0 Å². The molecular formula is C32H46N4O2. The molecule has 4 rings (SSSR count). The number of hydrazine groups is 1. The number of pyridine rings is 1. The molecule has 0 aliphatic heterocycles. The summed E-state index contributed by atoms with van der Waals surface area (Å²) in [6.45, 7) is 8.85. The van der Waals surface area contributed by atoms with Crippen LogP contribution in [0, 0.1) is 5.92 Å². The molecular weight excluding hydrogens is 472 g/mol. The van der Waals surface area contributed by atoms with E-state index in [0.717, 1.165) is 71.7 Å². The number of nitrogens with zero attached hydrogens (tertiary/aromatic N) is 1. The van der Waals surface area contributed by atoms with E-state index in [-0.39, 0.29) is 0 Å². The first-order valence-corrected chi connectivity index (χ1v) is 14.2. The molecule has 2 aromatic carbocycles. The zero-order valence-electron chi connectivity index (χ0n) is 23.6. The van der Waals surface area contributed by atoms with Gasteiger partial charge in [-0.25, -0.2) is 10.4 Å². The first-order chi connectivity index (χ1) is 18.6. The first-order valence-electron chi connectivity index (χ1n) is 14.2. The summed E-state index contributed by atoms with van der Waals surface area (Å²) in [5.41, 5.74) is 16.8. The van der Waals surface area contributed by atoms with Crippen molar-refractivity contribution in [3.8, 4) is 22.6 Å². The van der Waals surface area contributed by atoms with E-state index in [1.54, 1.807) is 0 Å². The molecule has 1 saturated carbocycles. The summed E-state index contributed by atoms with van der Waals surface area (Å²) in [7, 11) is 1.85. The van der Waals surface area contributed by atoms with Crippen LogP contribution in [0.5, 0.6) is 11.5 Å². The van der Waals surface area contributed by atoms with Crippen molar-refractivity contribution in [3.05, 3.63) is 71.9 Å². The summed E-state index contributed by atoms with van der Waals surface area (Å²) < 4.78 is 11.1. The zero-order chi connectivity index (χ0) is 27.2. The van der Waals surface area contributed by atoms with Crippen molar-refractivity contribution < 1.29 is 9.47 Å². The van der Waals surface area contributed by atoms with Crippen molar-refractivity contribution >= 4 is 5.82 Å². The van der Waals surface area contributed by atoms with E-state index in [9.17, 15) is 0 Å². The third-order valence-corrected chi connectivity index (χ3v) is 6.87. The van der Waals surface area contributed by atoms with Crippen molar-refractivity contribution in [3.63, 3.8) is 0 Å². The molecule has 38 heavy (non-hydrogen) atoms. The van der Waals surface area contributed by atoms with Gasteiger partial charge in [0.25, 0.3) is 0 Å². The number of benzene rings is 2. The zero-order valence-corrected chi connectivity index (χ0v) is 23.6. The van der Waals surface area contributed by atoms with Gasteiger partial charge in [-0.3, -0.25) is 0 Å². The first kappa shape index (κ1) is 29.6. The number of hydrogen-bond acceptors (Lipinski definition) is 6. The van der Waals surface area contributed by atoms with Gasteiger partial charge >= 0.3 is 0 Å². The molecule has 1 aliphatic rings. The molecule has 1 fully saturated rings. The predicted octanol–water partition coefficient (Wildman–Crippen LogP) is 7.66. The van der Waals surface area contributed by atoms with Crippen LogP contribution in [0.2, 0.25) is 0 Å². The van der Waals surface area contributed by atoms with Crippen LogP contribution in [-0.4, -0.2) is 25.2 Å². The Morgan fingerprint density at radius 2 is 1.53 bits per heavy atom. The van der Waals surface area contributed by atoms with E-state index >= 15 is 0 Å². The Kier molecular flexibility index (Phi) is 12.6. The third-order valence-electron chi connectivity index (χ3n) is 6.87. The highest BCUT2D eigenvalue weighted by Gasteiger charge is 2.23. The van der Waals surface area contributed by atoms with E-state index in [0.29, 0.717) is 12.5 Å².